The lowest BCUT2D eigenvalue weighted by atomic mass is 9.89. The van der Waals surface area contributed by atoms with E-state index in [0.29, 0.717) is 11.3 Å². The second-order valence-corrected chi connectivity index (χ2v) is 11.2. The standard InChI is InChI=1S/C28H33N7O6S/c1-42(40,41)33-23-16-14-20(15-17-23)19-34(24(26(29)36)13-8-18-31-28(30)32-35(38)39)27(37)25(21-9-4-2-5-10-21)22-11-6-3-7-12-22/h2-7,9-12,14-17,24-25,33H,8,13,18-19H2,1H3,(H2,29,36)(H3,30,31,32)/t24-/m0/s1. The molecule has 42 heavy (non-hydrogen) atoms. The van der Waals surface area contributed by atoms with Crippen LogP contribution in [0.15, 0.2) is 89.9 Å². The Morgan fingerprint density at radius 2 is 1.50 bits per heavy atom. The van der Waals surface area contributed by atoms with Crippen molar-refractivity contribution < 1.29 is 23.0 Å². The number of rotatable bonds is 14. The molecule has 0 heterocycles. The van der Waals surface area contributed by atoms with E-state index in [2.05, 4.69) is 9.71 Å². The van der Waals surface area contributed by atoms with Crippen LogP contribution in [0.3, 0.4) is 0 Å². The molecule has 14 heteroatoms. The van der Waals surface area contributed by atoms with E-state index in [-0.39, 0.29) is 37.8 Å². The van der Waals surface area contributed by atoms with Crippen LogP contribution in [0.5, 0.6) is 0 Å². The van der Waals surface area contributed by atoms with Crippen LogP contribution in [-0.2, 0) is 26.2 Å². The minimum atomic E-state index is -3.49. The van der Waals surface area contributed by atoms with Gasteiger partial charge in [0.15, 0.2) is 5.03 Å². The maximum Gasteiger partial charge on any atom is 0.251 e. The van der Waals surface area contributed by atoms with Gasteiger partial charge in [-0.2, -0.15) is 0 Å². The molecule has 1 atom stereocenters. The van der Waals surface area contributed by atoms with E-state index in [1.807, 2.05) is 60.7 Å². The number of guanidine groups is 1. The van der Waals surface area contributed by atoms with Crippen LogP contribution in [0.1, 0.15) is 35.4 Å². The maximum atomic E-state index is 14.4. The number of sulfonamides is 1. The van der Waals surface area contributed by atoms with Gasteiger partial charge in [-0.3, -0.25) is 14.3 Å². The molecule has 0 bridgehead atoms. The molecule has 3 aromatic carbocycles. The number of carbonyl (C=O) groups is 2. The number of carbonyl (C=O) groups excluding carboxylic acids is 2. The summed E-state index contributed by atoms with van der Waals surface area (Å²) in [6, 6.07) is 23.7. The molecule has 0 fully saturated rings. The highest BCUT2D eigenvalue weighted by Crippen LogP contribution is 2.29. The van der Waals surface area contributed by atoms with Crippen LogP contribution in [0, 0.1) is 10.1 Å². The van der Waals surface area contributed by atoms with Crippen LogP contribution >= 0.6 is 0 Å². The van der Waals surface area contributed by atoms with Gasteiger partial charge in [0.1, 0.15) is 6.04 Å². The summed E-state index contributed by atoms with van der Waals surface area (Å²) < 4.78 is 25.6. The van der Waals surface area contributed by atoms with Crippen LogP contribution < -0.4 is 21.6 Å². The first-order valence-electron chi connectivity index (χ1n) is 12.9. The molecule has 3 aromatic rings. The van der Waals surface area contributed by atoms with E-state index >= 15 is 0 Å². The van der Waals surface area contributed by atoms with Gasteiger partial charge in [0.05, 0.1) is 12.2 Å². The van der Waals surface area contributed by atoms with Gasteiger partial charge in [-0.05, 0) is 41.7 Å². The molecule has 0 aliphatic carbocycles. The van der Waals surface area contributed by atoms with Crippen LogP contribution in [0.4, 0.5) is 5.69 Å². The van der Waals surface area contributed by atoms with Gasteiger partial charge in [0.25, 0.3) is 5.96 Å². The summed E-state index contributed by atoms with van der Waals surface area (Å²) in [5, 5.41) is 9.72. The molecule has 3 rings (SSSR count). The third-order valence-corrected chi connectivity index (χ3v) is 6.84. The average Bonchev–Trinajstić information content (AvgIpc) is 2.93. The summed E-state index contributed by atoms with van der Waals surface area (Å²) >= 11 is 0. The maximum absolute atomic E-state index is 14.4. The van der Waals surface area contributed by atoms with Crippen LogP contribution in [-0.4, -0.2) is 55.0 Å². The number of nitrogens with zero attached hydrogens (tertiary/aromatic N) is 3. The lowest BCUT2D eigenvalue weighted by Crippen LogP contribution is -2.49. The van der Waals surface area contributed by atoms with E-state index in [4.69, 9.17) is 11.5 Å². The summed E-state index contributed by atoms with van der Waals surface area (Å²) in [4.78, 5) is 43.1. The predicted molar refractivity (Wildman–Crippen MR) is 159 cm³/mol. The lowest BCUT2D eigenvalue weighted by Gasteiger charge is -2.33. The Kier molecular flexibility index (Phi) is 11.0. The highest BCUT2D eigenvalue weighted by atomic mass is 32.2. The largest absolute Gasteiger partial charge is 0.368 e. The second-order valence-electron chi connectivity index (χ2n) is 9.49. The van der Waals surface area contributed by atoms with Gasteiger partial charge >= 0.3 is 0 Å². The lowest BCUT2D eigenvalue weighted by molar-refractivity contribution is -0.525. The molecule has 0 aliphatic heterocycles. The van der Waals surface area contributed by atoms with Crippen molar-refractivity contribution in [2.75, 3.05) is 17.5 Å². The SMILES string of the molecule is CS(=O)(=O)Nc1ccc(CN(C(=O)C(c2ccccc2)c2ccccc2)[C@@H](CCCN=C(N)N[N+](=O)[O-])C(N)=O)cc1. The normalized spacial score (nSPS) is 12.4. The molecular weight excluding hydrogens is 562 g/mol. The minimum absolute atomic E-state index is 0.00392. The third-order valence-electron chi connectivity index (χ3n) is 6.23. The number of aliphatic imine (C=N–C) groups is 1. The number of benzene rings is 3. The Morgan fingerprint density at radius 1 is 0.952 bits per heavy atom. The molecule has 2 amide bonds. The Hall–Kier alpha value is -4.98. The molecule has 222 valence electrons. The molecule has 13 nitrogen and oxygen atoms in total. The molecule has 6 N–H and O–H groups in total. The summed E-state index contributed by atoms with van der Waals surface area (Å²) in [5.74, 6) is -2.25. The highest BCUT2D eigenvalue weighted by Gasteiger charge is 2.34. The van der Waals surface area contributed by atoms with E-state index in [1.165, 1.54) is 4.90 Å². The van der Waals surface area contributed by atoms with E-state index in [9.17, 15) is 28.1 Å². The topological polar surface area (TPSA) is 203 Å². The monoisotopic (exact) mass is 595 g/mol. The van der Waals surface area contributed by atoms with Crippen molar-refractivity contribution in [2.45, 2.75) is 31.3 Å². The number of anilines is 1. The zero-order valence-corrected chi connectivity index (χ0v) is 23.7. The second kappa shape index (κ2) is 14.6. The van der Waals surface area contributed by atoms with Gasteiger partial charge in [0.2, 0.25) is 21.8 Å². The quantitative estimate of drug-likeness (QED) is 0.0711. The zero-order chi connectivity index (χ0) is 30.7. The fourth-order valence-corrected chi connectivity index (χ4v) is 4.99. The molecule has 0 radical (unpaired) electrons. The van der Waals surface area contributed by atoms with E-state index in [0.717, 1.165) is 17.4 Å². The fraction of sp³-hybridized carbons (Fsp3) is 0.250. The van der Waals surface area contributed by atoms with E-state index < -0.39 is 32.9 Å². The van der Waals surface area contributed by atoms with Crippen molar-refractivity contribution in [3.8, 4) is 0 Å². The summed E-state index contributed by atoms with van der Waals surface area (Å²) in [6.45, 7) is 0.0428. The van der Waals surface area contributed by atoms with Gasteiger partial charge in [0, 0.05) is 18.8 Å². The third kappa shape index (κ3) is 9.59. The Bertz CT molecular complexity index is 1460. The van der Waals surface area contributed by atoms with Crippen molar-refractivity contribution >= 4 is 33.5 Å². The highest BCUT2D eigenvalue weighted by molar-refractivity contribution is 7.92. The zero-order valence-electron chi connectivity index (χ0n) is 22.9. The van der Waals surface area contributed by atoms with E-state index in [1.54, 1.807) is 29.7 Å². The molecular formula is C28H33N7O6S. The minimum Gasteiger partial charge on any atom is -0.368 e. The van der Waals surface area contributed by atoms with Crippen LogP contribution in [0.25, 0.3) is 0 Å². The molecule has 0 saturated carbocycles. The number of hydrogen-bond acceptors (Lipinski definition) is 7. The van der Waals surface area contributed by atoms with Crippen LogP contribution in [0.2, 0.25) is 0 Å². The van der Waals surface area contributed by atoms with Crippen molar-refractivity contribution in [3.05, 3.63) is 112 Å². The number of hydrazine groups is 1. The van der Waals surface area contributed by atoms with Crippen molar-refractivity contribution in [1.29, 1.82) is 0 Å². The predicted octanol–water partition coefficient (Wildman–Crippen LogP) is 1.95. The van der Waals surface area contributed by atoms with Gasteiger partial charge in [-0.25, -0.2) is 23.5 Å². The number of nitrogens with one attached hydrogen (secondary N) is 2. The molecule has 0 spiro atoms. The Balaban J connectivity index is 1.98. The summed E-state index contributed by atoms with van der Waals surface area (Å²) in [5.41, 5.74) is 15.5. The molecule has 0 aliphatic rings. The van der Waals surface area contributed by atoms with Gasteiger partial charge in [-0.1, -0.05) is 78.2 Å². The Morgan fingerprint density at radius 3 is 1.98 bits per heavy atom. The number of nitrogens with two attached hydrogens (primary N) is 2. The average molecular weight is 596 g/mol. The summed E-state index contributed by atoms with van der Waals surface area (Å²) in [7, 11) is -3.49. The molecule has 0 unspecified atom stereocenters. The fourth-order valence-electron chi connectivity index (χ4n) is 4.43. The first-order chi connectivity index (χ1) is 19.9. The smallest absolute Gasteiger partial charge is 0.251 e. The number of primary amides is 1. The molecule has 0 saturated heterocycles. The first kappa shape index (κ1) is 31.5. The van der Waals surface area contributed by atoms with Crippen molar-refractivity contribution in [3.63, 3.8) is 0 Å². The summed E-state index contributed by atoms with van der Waals surface area (Å²) in [6.07, 6.45) is 1.40. The van der Waals surface area contributed by atoms with Gasteiger partial charge < -0.3 is 16.4 Å². The number of amides is 2. The van der Waals surface area contributed by atoms with Gasteiger partial charge in [-0.15, -0.1) is 0 Å². The Labute approximate surface area is 243 Å². The molecule has 0 aromatic heterocycles. The first-order valence-corrected chi connectivity index (χ1v) is 14.8. The van der Waals surface area contributed by atoms with Crippen molar-refractivity contribution in [2.24, 2.45) is 16.5 Å². The number of nitro groups is 1. The number of hydrogen-bond donors (Lipinski definition) is 4. The van der Waals surface area contributed by atoms with Crippen molar-refractivity contribution in [1.82, 2.24) is 10.3 Å².